The zero-order valence-corrected chi connectivity index (χ0v) is 18.4. The van der Waals surface area contributed by atoms with Gasteiger partial charge in [0, 0.05) is 0 Å². The predicted molar refractivity (Wildman–Crippen MR) is 119 cm³/mol. The zero-order valence-electron chi connectivity index (χ0n) is 15.2. The first kappa shape index (κ1) is 21.4. The fourth-order valence-electron chi connectivity index (χ4n) is 2.49. The van der Waals surface area contributed by atoms with Gasteiger partial charge < -0.3 is 15.2 Å². The van der Waals surface area contributed by atoms with E-state index in [1.165, 1.54) is 17.3 Å². The van der Waals surface area contributed by atoms with Crippen LogP contribution < -0.4 is 10.1 Å². The van der Waals surface area contributed by atoms with E-state index in [-0.39, 0.29) is 16.7 Å². The smallest absolute Gasteiger partial charge is 0.341 e. The Bertz CT molecular complexity index is 999. The molecule has 0 atom stereocenters. The SMILES string of the molecule is CCc1ccc(N=C2NC(=O)C(=Cc3cc(Cl)c(OCC(=O)O)c(Br)c3)S2)cc1. The maximum atomic E-state index is 12.3. The summed E-state index contributed by atoms with van der Waals surface area (Å²) in [6, 6.07) is 11.1. The van der Waals surface area contributed by atoms with Gasteiger partial charge in [-0.05, 0) is 75.6 Å². The molecule has 6 nitrogen and oxygen atoms in total. The minimum atomic E-state index is -1.10. The molecule has 0 radical (unpaired) electrons. The highest BCUT2D eigenvalue weighted by Gasteiger charge is 2.24. The van der Waals surface area contributed by atoms with Gasteiger partial charge in [-0.15, -0.1) is 0 Å². The van der Waals surface area contributed by atoms with Gasteiger partial charge in [0.15, 0.2) is 17.5 Å². The lowest BCUT2D eigenvalue weighted by molar-refractivity contribution is -0.139. The highest BCUT2D eigenvalue weighted by atomic mass is 79.9. The van der Waals surface area contributed by atoms with Gasteiger partial charge in [0.1, 0.15) is 0 Å². The number of benzene rings is 2. The molecule has 0 saturated carbocycles. The lowest BCUT2D eigenvalue weighted by Crippen LogP contribution is -2.19. The van der Waals surface area contributed by atoms with E-state index in [9.17, 15) is 9.59 Å². The molecule has 1 saturated heterocycles. The van der Waals surface area contributed by atoms with Crippen LogP contribution in [0.25, 0.3) is 6.08 Å². The van der Waals surface area contributed by atoms with Gasteiger partial charge in [-0.25, -0.2) is 9.79 Å². The third kappa shape index (κ3) is 5.62. The molecule has 150 valence electrons. The third-order valence-corrected chi connectivity index (χ3v) is 5.66. The van der Waals surface area contributed by atoms with Crippen LogP contribution in [0.5, 0.6) is 5.75 Å². The number of nitrogens with one attached hydrogen (secondary N) is 1. The van der Waals surface area contributed by atoms with Crippen LogP contribution in [0, 0.1) is 0 Å². The molecule has 0 aliphatic carbocycles. The van der Waals surface area contributed by atoms with Crippen LogP contribution in [0.1, 0.15) is 18.1 Å². The van der Waals surface area contributed by atoms with E-state index in [4.69, 9.17) is 21.4 Å². The Morgan fingerprint density at radius 1 is 1.34 bits per heavy atom. The third-order valence-electron chi connectivity index (χ3n) is 3.88. The summed E-state index contributed by atoms with van der Waals surface area (Å²) in [6.07, 6.45) is 2.63. The summed E-state index contributed by atoms with van der Waals surface area (Å²) in [4.78, 5) is 27.9. The monoisotopic (exact) mass is 494 g/mol. The first-order valence-electron chi connectivity index (χ1n) is 8.58. The molecule has 1 aliphatic heterocycles. The topological polar surface area (TPSA) is 88.0 Å². The predicted octanol–water partition coefficient (Wildman–Crippen LogP) is 5.02. The minimum Gasteiger partial charge on any atom is -0.479 e. The Labute approximate surface area is 185 Å². The van der Waals surface area contributed by atoms with E-state index in [2.05, 4.69) is 33.2 Å². The Hall–Kier alpha value is -2.29. The molecule has 1 amide bonds. The van der Waals surface area contributed by atoms with Gasteiger partial charge in [-0.3, -0.25) is 4.79 Å². The summed E-state index contributed by atoms with van der Waals surface area (Å²) < 4.78 is 5.66. The number of thioether (sulfide) groups is 1. The number of aliphatic imine (C=N–C) groups is 1. The molecule has 1 heterocycles. The summed E-state index contributed by atoms with van der Waals surface area (Å²) in [7, 11) is 0. The van der Waals surface area contributed by atoms with Gasteiger partial charge in [-0.1, -0.05) is 30.7 Å². The number of halogens is 2. The first-order chi connectivity index (χ1) is 13.9. The van der Waals surface area contributed by atoms with Crippen molar-refractivity contribution in [3.63, 3.8) is 0 Å². The van der Waals surface area contributed by atoms with Crippen molar-refractivity contribution in [1.29, 1.82) is 0 Å². The average molecular weight is 496 g/mol. The summed E-state index contributed by atoms with van der Waals surface area (Å²) in [5.74, 6) is -1.12. The second kappa shape index (κ2) is 9.47. The highest BCUT2D eigenvalue weighted by molar-refractivity contribution is 9.10. The second-order valence-electron chi connectivity index (χ2n) is 6.00. The van der Waals surface area contributed by atoms with E-state index in [0.29, 0.717) is 20.1 Å². The molecule has 2 aromatic carbocycles. The van der Waals surface area contributed by atoms with Crippen LogP contribution in [0.15, 0.2) is 50.8 Å². The Kier molecular flexibility index (Phi) is 7.00. The lowest BCUT2D eigenvalue weighted by atomic mass is 10.2. The summed E-state index contributed by atoms with van der Waals surface area (Å²) in [6.45, 7) is 1.58. The summed E-state index contributed by atoms with van der Waals surface area (Å²) in [5, 5.41) is 12.2. The number of carboxylic acid groups (broad SMARTS) is 1. The van der Waals surface area contributed by atoms with E-state index >= 15 is 0 Å². The first-order valence-corrected chi connectivity index (χ1v) is 10.6. The number of carbonyl (C=O) groups excluding carboxylic acids is 1. The van der Waals surface area contributed by atoms with E-state index in [1.807, 2.05) is 24.3 Å². The summed E-state index contributed by atoms with van der Waals surface area (Å²) >= 11 is 10.7. The zero-order chi connectivity index (χ0) is 21.0. The molecule has 0 bridgehead atoms. The maximum absolute atomic E-state index is 12.3. The van der Waals surface area contributed by atoms with Crippen molar-refractivity contribution in [1.82, 2.24) is 5.32 Å². The number of amides is 1. The van der Waals surface area contributed by atoms with Gasteiger partial charge in [0.25, 0.3) is 5.91 Å². The Morgan fingerprint density at radius 3 is 2.69 bits per heavy atom. The molecule has 3 rings (SSSR count). The van der Waals surface area contributed by atoms with Gasteiger partial charge in [0.05, 0.1) is 20.1 Å². The fourth-order valence-corrected chi connectivity index (χ4v) is 4.32. The van der Waals surface area contributed by atoms with Crippen molar-refractivity contribution in [3.05, 3.63) is 61.9 Å². The number of ether oxygens (including phenoxy) is 1. The molecule has 2 aromatic rings. The molecule has 1 aliphatic rings. The van der Waals surface area contributed by atoms with Crippen LogP contribution in [0.2, 0.25) is 5.02 Å². The highest BCUT2D eigenvalue weighted by Crippen LogP contribution is 2.36. The average Bonchev–Trinajstić information content (AvgIpc) is 3.00. The molecule has 0 unspecified atom stereocenters. The number of hydrogen-bond donors (Lipinski definition) is 2. The molecule has 2 N–H and O–H groups in total. The van der Waals surface area contributed by atoms with Crippen molar-refractivity contribution >= 4 is 68.1 Å². The van der Waals surface area contributed by atoms with E-state index in [1.54, 1.807) is 18.2 Å². The van der Waals surface area contributed by atoms with Crippen molar-refractivity contribution in [2.45, 2.75) is 13.3 Å². The minimum absolute atomic E-state index is 0.234. The van der Waals surface area contributed by atoms with Crippen LogP contribution in [0.3, 0.4) is 0 Å². The van der Waals surface area contributed by atoms with Crippen LogP contribution >= 0.6 is 39.3 Å². The van der Waals surface area contributed by atoms with Crippen molar-refractivity contribution in [2.75, 3.05) is 6.61 Å². The number of amidine groups is 1. The Morgan fingerprint density at radius 2 is 2.07 bits per heavy atom. The normalized spacial score (nSPS) is 16.3. The number of carbonyl (C=O) groups is 2. The molecular weight excluding hydrogens is 480 g/mol. The molecule has 0 spiro atoms. The number of aryl methyl sites for hydroxylation is 1. The Balaban J connectivity index is 1.79. The van der Waals surface area contributed by atoms with Crippen LogP contribution in [-0.2, 0) is 16.0 Å². The standard InChI is InChI=1S/C20H16BrClN2O4S/c1-2-11-3-5-13(6-4-11)23-20-24-19(27)16(29-20)9-12-7-14(21)18(15(22)8-12)28-10-17(25)26/h3-9H,2,10H2,1H3,(H,25,26)(H,23,24,27). The van der Waals surface area contributed by atoms with Gasteiger partial charge >= 0.3 is 5.97 Å². The number of aliphatic carboxylic acids is 1. The lowest BCUT2D eigenvalue weighted by Gasteiger charge is -2.09. The van der Waals surface area contributed by atoms with Crippen LogP contribution in [0.4, 0.5) is 5.69 Å². The van der Waals surface area contributed by atoms with Crippen LogP contribution in [-0.4, -0.2) is 28.8 Å². The molecular formula is C20H16BrClN2O4S. The van der Waals surface area contributed by atoms with E-state index < -0.39 is 12.6 Å². The van der Waals surface area contributed by atoms with Gasteiger partial charge in [0.2, 0.25) is 0 Å². The van der Waals surface area contributed by atoms with Crippen molar-refractivity contribution in [3.8, 4) is 5.75 Å². The number of carboxylic acids is 1. The van der Waals surface area contributed by atoms with Crippen molar-refractivity contribution < 1.29 is 19.4 Å². The number of hydrogen-bond acceptors (Lipinski definition) is 5. The number of rotatable bonds is 6. The molecule has 9 heteroatoms. The summed E-state index contributed by atoms with van der Waals surface area (Å²) in [5.41, 5.74) is 2.64. The van der Waals surface area contributed by atoms with Gasteiger partial charge in [-0.2, -0.15) is 0 Å². The molecule has 0 aromatic heterocycles. The molecule has 1 fully saturated rings. The largest absolute Gasteiger partial charge is 0.479 e. The van der Waals surface area contributed by atoms with E-state index in [0.717, 1.165) is 12.1 Å². The number of nitrogens with zero attached hydrogens (tertiary/aromatic N) is 1. The second-order valence-corrected chi connectivity index (χ2v) is 8.29. The fraction of sp³-hybridized carbons (Fsp3) is 0.150. The van der Waals surface area contributed by atoms with Crippen molar-refractivity contribution in [2.24, 2.45) is 4.99 Å². The maximum Gasteiger partial charge on any atom is 0.341 e. The quantitative estimate of drug-likeness (QED) is 0.549. The molecule has 29 heavy (non-hydrogen) atoms.